The number of hydrogen-bond acceptors (Lipinski definition) is 3. The summed E-state index contributed by atoms with van der Waals surface area (Å²) < 4.78 is 25.1. The van der Waals surface area contributed by atoms with Gasteiger partial charge in [-0.15, -0.1) is 0 Å². The van der Waals surface area contributed by atoms with Crippen molar-refractivity contribution < 1.29 is 13.9 Å². The number of rotatable bonds is 7. The first-order valence-corrected chi connectivity index (χ1v) is 7.44. The van der Waals surface area contributed by atoms with Gasteiger partial charge in [-0.2, -0.15) is 0 Å². The SMILES string of the molecule is CCCNC(C)c1cccc(F)c1OCC1CCOC1. The Morgan fingerprint density at radius 2 is 2.35 bits per heavy atom. The molecule has 1 aromatic carbocycles. The first kappa shape index (κ1) is 15.3. The van der Waals surface area contributed by atoms with Crippen molar-refractivity contribution in [3.63, 3.8) is 0 Å². The second kappa shape index (κ2) is 7.60. The van der Waals surface area contributed by atoms with Crippen LogP contribution in [0.3, 0.4) is 0 Å². The van der Waals surface area contributed by atoms with Crippen LogP contribution in [0.25, 0.3) is 0 Å². The Morgan fingerprint density at radius 1 is 1.50 bits per heavy atom. The van der Waals surface area contributed by atoms with Crippen molar-refractivity contribution in [3.05, 3.63) is 29.6 Å². The van der Waals surface area contributed by atoms with Gasteiger partial charge >= 0.3 is 0 Å². The summed E-state index contributed by atoms with van der Waals surface area (Å²) >= 11 is 0. The van der Waals surface area contributed by atoms with E-state index in [-0.39, 0.29) is 11.9 Å². The van der Waals surface area contributed by atoms with Crippen molar-refractivity contribution in [1.29, 1.82) is 0 Å². The van der Waals surface area contributed by atoms with Gasteiger partial charge in [0.25, 0.3) is 0 Å². The highest BCUT2D eigenvalue weighted by Gasteiger charge is 2.20. The van der Waals surface area contributed by atoms with Crippen molar-refractivity contribution in [3.8, 4) is 5.75 Å². The first-order valence-electron chi connectivity index (χ1n) is 7.44. The van der Waals surface area contributed by atoms with E-state index in [2.05, 4.69) is 12.2 Å². The summed E-state index contributed by atoms with van der Waals surface area (Å²) in [5.41, 5.74) is 0.886. The van der Waals surface area contributed by atoms with E-state index in [1.165, 1.54) is 6.07 Å². The van der Waals surface area contributed by atoms with Gasteiger partial charge in [0.1, 0.15) is 0 Å². The van der Waals surface area contributed by atoms with Gasteiger partial charge in [0.05, 0.1) is 13.2 Å². The van der Waals surface area contributed by atoms with Crippen LogP contribution in [0.2, 0.25) is 0 Å². The molecule has 0 aromatic heterocycles. The molecule has 0 saturated carbocycles. The number of hydrogen-bond donors (Lipinski definition) is 1. The molecule has 1 aliphatic heterocycles. The summed E-state index contributed by atoms with van der Waals surface area (Å²) in [7, 11) is 0. The Morgan fingerprint density at radius 3 is 3.05 bits per heavy atom. The number of halogens is 1. The Bertz CT molecular complexity index is 419. The van der Waals surface area contributed by atoms with Crippen LogP contribution in [0.4, 0.5) is 4.39 Å². The van der Waals surface area contributed by atoms with Gasteiger partial charge in [-0.1, -0.05) is 19.1 Å². The van der Waals surface area contributed by atoms with Gasteiger partial charge in [0.2, 0.25) is 0 Å². The fourth-order valence-electron chi connectivity index (χ4n) is 2.41. The summed E-state index contributed by atoms with van der Waals surface area (Å²) in [5.74, 6) is 0.475. The molecule has 0 amide bonds. The molecular formula is C16H24FNO2. The molecular weight excluding hydrogens is 257 g/mol. The molecule has 0 spiro atoms. The van der Waals surface area contributed by atoms with Crippen LogP contribution in [0.15, 0.2) is 18.2 Å². The van der Waals surface area contributed by atoms with Gasteiger partial charge in [0, 0.05) is 24.1 Å². The molecule has 1 saturated heterocycles. The third kappa shape index (κ3) is 3.93. The van der Waals surface area contributed by atoms with Crippen molar-refractivity contribution in [1.82, 2.24) is 5.32 Å². The summed E-state index contributed by atoms with van der Waals surface area (Å²) in [6, 6.07) is 5.20. The van der Waals surface area contributed by atoms with E-state index < -0.39 is 0 Å². The van der Waals surface area contributed by atoms with Crippen LogP contribution in [0.1, 0.15) is 38.3 Å². The molecule has 2 atom stereocenters. The van der Waals surface area contributed by atoms with Gasteiger partial charge in [0.15, 0.2) is 11.6 Å². The van der Waals surface area contributed by atoms with Gasteiger partial charge in [-0.25, -0.2) is 4.39 Å². The fraction of sp³-hybridized carbons (Fsp3) is 0.625. The predicted octanol–water partition coefficient (Wildman–Crippen LogP) is 3.30. The number of ether oxygens (including phenoxy) is 2. The minimum absolute atomic E-state index is 0.0838. The van der Waals surface area contributed by atoms with Crippen LogP contribution in [-0.2, 0) is 4.74 Å². The highest BCUT2D eigenvalue weighted by molar-refractivity contribution is 5.37. The zero-order valence-electron chi connectivity index (χ0n) is 12.3. The molecule has 1 fully saturated rings. The lowest BCUT2D eigenvalue weighted by molar-refractivity contribution is 0.165. The lowest BCUT2D eigenvalue weighted by Gasteiger charge is -2.19. The number of nitrogens with one attached hydrogen (secondary N) is 1. The molecule has 0 bridgehead atoms. The van der Waals surface area contributed by atoms with Crippen LogP contribution in [-0.4, -0.2) is 26.4 Å². The van der Waals surface area contributed by atoms with E-state index >= 15 is 0 Å². The quantitative estimate of drug-likeness (QED) is 0.832. The average Bonchev–Trinajstić information content (AvgIpc) is 2.96. The Labute approximate surface area is 120 Å². The summed E-state index contributed by atoms with van der Waals surface area (Å²) in [5, 5.41) is 3.37. The molecule has 1 aromatic rings. The average molecular weight is 281 g/mol. The van der Waals surface area contributed by atoms with Crippen molar-refractivity contribution in [2.24, 2.45) is 5.92 Å². The third-order valence-corrected chi connectivity index (χ3v) is 3.65. The van der Waals surface area contributed by atoms with E-state index in [4.69, 9.17) is 9.47 Å². The molecule has 1 N–H and O–H groups in total. The fourth-order valence-corrected chi connectivity index (χ4v) is 2.41. The van der Waals surface area contributed by atoms with Crippen molar-refractivity contribution in [2.75, 3.05) is 26.4 Å². The van der Waals surface area contributed by atoms with E-state index in [0.717, 1.165) is 31.6 Å². The Hall–Kier alpha value is -1.13. The minimum Gasteiger partial charge on any atom is -0.490 e. The maximum Gasteiger partial charge on any atom is 0.165 e. The lowest BCUT2D eigenvalue weighted by atomic mass is 10.1. The molecule has 0 radical (unpaired) electrons. The molecule has 112 valence electrons. The second-order valence-corrected chi connectivity index (χ2v) is 5.37. The first-order chi connectivity index (χ1) is 9.72. The zero-order valence-corrected chi connectivity index (χ0v) is 12.3. The summed E-state index contributed by atoms with van der Waals surface area (Å²) in [6.45, 7) is 7.08. The second-order valence-electron chi connectivity index (χ2n) is 5.37. The molecule has 0 aliphatic carbocycles. The van der Waals surface area contributed by atoms with Crippen LogP contribution < -0.4 is 10.1 Å². The lowest BCUT2D eigenvalue weighted by Crippen LogP contribution is -2.21. The topological polar surface area (TPSA) is 30.5 Å². The molecule has 1 heterocycles. The van der Waals surface area contributed by atoms with Gasteiger partial charge in [-0.3, -0.25) is 0 Å². The number of benzene rings is 1. The van der Waals surface area contributed by atoms with Crippen LogP contribution >= 0.6 is 0 Å². The molecule has 4 heteroatoms. The molecule has 20 heavy (non-hydrogen) atoms. The molecule has 2 unspecified atom stereocenters. The predicted molar refractivity (Wildman–Crippen MR) is 77.5 cm³/mol. The highest BCUT2D eigenvalue weighted by Crippen LogP contribution is 2.29. The maximum absolute atomic E-state index is 14.0. The zero-order chi connectivity index (χ0) is 14.4. The normalized spacial score (nSPS) is 20.1. The van der Waals surface area contributed by atoms with E-state index in [1.807, 2.05) is 13.0 Å². The number of para-hydroxylation sites is 1. The van der Waals surface area contributed by atoms with E-state index in [0.29, 0.717) is 24.9 Å². The minimum atomic E-state index is -0.286. The maximum atomic E-state index is 14.0. The van der Waals surface area contributed by atoms with Gasteiger partial charge in [-0.05, 0) is 32.4 Å². The summed E-state index contributed by atoms with van der Waals surface area (Å²) in [6.07, 6.45) is 2.04. The van der Waals surface area contributed by atoms with Gasteiger partial charge < -0.3 is 14.8 Å². The van der Waals surface area contributed by atoms with E-state index in [9.17, 15) is 4.39 Å². The monoisotopic (exact) mass is 281 g/mol. The summed E-state index contributed by atoms with van der Waals surface area (Å²) in [4.78, 5) is 0. The van der Waals surface area contributed by atoms with Crippen molar-refractivity contribution >= 4 is 0 Å². The largest absolute Gasteiger partial charge is 0.490 e. The van der Waals surface area contributed by atoms with Crippen LogP contribution in [0, 0.1) is 11.7 Å². The van der Waals surface area contributed by atoms with Crippen molar-refractivity contribution in [2.45, 2.75) is 32.7 Å². The Balaban J connectivity index is 2.04. The van der Waals surface area contributed by atoms with E-state index in [1.54, 1.807) is 6.07 Å². The third-order valence-electron chi connectivity index (χ3n) is 3.65. The van der Waals surface area contributed by atoms with Crippen LogP contribution in [0.5, 0.6) is 5.75 Å². The smallest absolute Gasteiger partial charge is 0.165 e. The standard InChI is InChI=1S/C16H24FNO2/c1-3-8-18-12(2)14-5-4-6-15(17)16(14)20-11-13-7-9-19-10-13/h4-6,12-13,18H,3,7-11H2,1-2H3. The highest BCUT2D eigenvalue weighted by atomic mass is 19.1. The molecule has 2 rings (SSSR count). The molecule has 1 aliphatic rings. The molecule has 3 nitrogen and oxygen atoms in total. The Kier molecular flexibility index (Phi) is 5.80.